The summed E-state index contributed by atoms with van der Waals surface area (Å²) in [6, 6.07) is 7.78. The summed E-state index contributed by atoms with van der Waals surface area (Å²) in [4.78, 5) is 19.4. The number of hydrogen-bond acceptors (Lipinski definition) is 4. The number of nitrogens with zero attached hydrogens (tertiary/aromatic N) is 3. The fourth-order valence-corrected chi connectivity index (χ4v) is 4.57. The van der Waals surface area contributed by atoms with E-state index in [0.717, 1.165) is 39.5 Å². The Morgan fingerprint density at radius 2 is 2.17 bits per heavy atom. The minimum atomic E-state index is -0.0688. The number of rotatable bonds is 2. The van der Waals surface area contributed by atoms with Crippen molar-refractivity contribution in [2.75, 3.05) is 0 Å². The molecule has 116 valence electrons. The van der Waals surface area contributed by atoms with Gasteiger partial charge in [0.15, 0.2) is 0 Å². The molecule has 23 heavy (non-hydrogen) atoms. The van der Waals surface area contributed by atoms with E-state index >= 15 is 0 Å². The second-order valence-corrected chi connectivity index (χ2v) is 7.58. The summed E-state index contributed by atoms with van der Waals surface area (Å²) in [6.07, 6.45) is 7.59. The first kappa shape index (κ1) is 14.8. The van der Waals surface area contributed by atoms with Gasteiger partial charge in [-0.3, -0.25) is 4.79 Å². The Hall–Kier alpha value is -1.79. The highest BCUT2D eigenvalue weighted by Crippen LogP contribution is 2.33. The smallest absolute Gasteiger partial charge is 0.267 e. The predicted octanol–water partition coefficient (Wildman–Crippen LogP) is 3.98. The van der Waals surface area contributed by atoms with E-state index in [0.29, 0.717) is 0 Å². The minimum absolute atomic E-state index is 0.0688. The molecule has 0 saturated carbocycles. The van der Waals surface area contributed by atoms with Gasteiger partial charge >= 0.3 is 0 Å². The van der Waals surface area contributed by atoms with Crippen LogP contribution in [0.1, 0.15) is 28.8 Å². The van der Waals surface area contributed by atoms with Crippen LogP contribution >= 0.6 is 27.3 Å². The van der Waals surface area contributed by atoms with Crippen LogP contribution in [0.25, 0.3) is 10.2 Å². The number of aromatic nitrogens is 2. The van der Waals surface area contributed by atoms with Gasteiger partial charge in [0.1, 0.15) is 11.2 Å². The van der Waals surface area contributed by atoms with Gasteiger partial charge in [0.05, 0.1) is 11.6 Å². The zero-order valence-corrected chi connectivity index (χ0v) is 14.7. The van der Waals surface area contributed by atoms with Crippen LogP contribution in [-0.4, -0.2) is 15.9 Å². The fourth-order valence-electron chi connectivity index (χ4n) is 2.94. The van der Waals surface area contributed by atoms with Crippen molar-refractivity contribution in [2.45, 2.75) is 25.7 Å². The Balaban J connectivity index is 1.79. The van der Waals surface area contributed by atoms with E-state index in [-0.39, 0.29) is 5.56 Å². The van der Waals surface area contributed by atoms with Crippen molar-refractivity contribution in [3.8, 4) is 0 Å². The number of aryl methyl sites for hydroxylation is 2. The third-order valence-corrected chi connectivity index (χ3v) is 5.73. The maximum atomic E-state index is 12.8. The maximum absolute atomic E-state index is 12.8. The molecule has 6 heteroatoms. The van der Waals surface area contributed by atoms with E-state index in [4.69, 9.17) is 0 Å². The first-order valence-corrected chi connectivity index (χ1v) is 9.15. The molecule has 0 aliphatic heterocycles. The third kappa shape index (κ3) is 2.77. The maximum Gasteiger partial charge on any atom is 0.282 e. The molecule has 3 aromatic rings. The van der Waals surface area contributed by atoms with Gasteiger partial charge in [-0.05, 0) is 48.9 Å². The van der Waals surface area contributed by atoms with E-state index in [1.807, 2.05) is 24.3 Å². The summed E-state index contributed by atoms with van der Waals surface area (Å²) < 4.78 is 2.32. The summed E-state index contributed by atoms with van der Waals surface area (Å²) in [7, 11) is 0. The first-order chi connectivity index (χ1) is 11.2. The van der Waals surface area contributed by atoms with E-state index in [1.165, 1.54) is 27.9 Å². The number of benzene rings is 1. The van der Waals surface area contributed by atoms with Gasteiger partial charge in [0.25, 0.3) is 5.56 Å². The highest BCUT2D eigenvalue weighted by atomic mass is 79.9. The van der Waals surface area contributed by atoms with Gasteiger partial charge < -0.3 is 0 Å². The lowest BCUT2D eigenvalue weighted by atomic mass is 9.97. The van der Waals surface area contributed by atoms with Gasteiger partial charge in [0, 0.05) is 9.35 Å². The van der Waals surface area contributed by atoms with Crippen molar-refractivity contribution >= 4 is 43.7 Å². The number of fused-ring (bicyclic) bond motifs is 3. The Kier molecular flexibility index (Phi) is 3.87. The standard InChI is InChI=1S/C17H14BrN3OS/c18-12-5-3-4-11(8-12)9-20-21-10-19-16-15(17(21)22)13-6-1-2-7-14(13)23-16/h3-5,8-10H,1-2,6-7H2/b20-9-. The molecule has 0 bridgehead atoms. The Morgan fingerprint density at radius 1 is 1.30 bits per heavy atom. The molecule has 0 unspecified atom stereocenters. The molecule has 0 fully saturated rings. The topological polar surface area (TPSA) is 47.2 Å². The summed E-state index contributed by atoms with van der Waals surface area (Å²) in [5.74, 6) is 0. The number of hydrogen-bond donors (Lipinski definition) is 0. The van der Waals surface area contributed by atoms with Crippen molar-refractivity contribution in [1.82, 2.24) is 9.66 Å². The van der Waals surface area contributed by atoms with E-state index in [9.17, 15) is 4.79 Å². The highest BCUT2D eigenvalue weighted by Gasteiger charge is 2.19. The molecular formula is C17H14BrN3OS. The lowest BCUT2D eigenvalue weighted by Gasteiger charge is -2.09. The molecule has 0 atom stereocenters. The summed E-state index contributed by atoms with van der Waals surface area (Å²) in [5, 5.41) is 5.06. The van der Waals surface area contributed by atoms with Crippen molar-refractivity contribution in [1.29, 1.82) is 0 Å². The zero-order chi connectivity index (χ0) is 15.8. The first-order valence-electron chi connectivity index (χ1n) is 7.54. The quantitative estimate of drug-likeness (QED) is 0.624. The predicted molar refractivity (Wildman–Crippen MR) is 97.7 cm³/mol. The fraction of sp³-hybridized carbons (Fsp3) is 0.235. The van der Waals surface area contributed by atoms with Gasteiger partial charge in [0.2, 0.25) is 0 Å². The summed E-state index contributed by atoms with van der Waals surface area (Å²) >= 11 is 5.09. The van der Waals surface area contributed by atoms with Crippen LogP contribution in [0.15, 0.2) is 45.0 Å². The molecule has 4 rings (SSSR count). The molecule has 0 spiro atoms. The van der Waals surface area contributed by atoms with Gasteiger partial charge in [-0.15, -0.1) is 11.3 Å². The zero-order valence-electron chi connectivity index (χ0n) is 12.3. The minimum Gasteiger partial charge on any atom is -0.267 e. The monoisotopic (exact) mass is 387 g/mol. The molecule has 0 saturated heterocycles. The van der Waals surface area contributed by atoms with Gasteiger partial charge in [-0.25, -0.2) is 4.98 Å². The average molecular weight is 388 g/mol. The second kappa shape index (κ2) is 6.02. The SMILES string of the molecule is O=c1c2c3c(sc2ncn1/N=C\c1cccc(Br)c1)CCCC3. The molecule has 0 N–H and O–H groups in total. The van der Waals surface area contributed by atoms with E-state index in [1.54, 1.807) is 17.6 Å². The molecule has 2 heterocycles. The second-order valence-electron chi connectivity index (χ2n) is 5.58. The van der Waals surface area contributed by atoms with Crippen LogP contribution in [0.2, 0.25) is 0 Å². The third-order valence-electron chi connectivity index (χ3n) is 4.04. The normalized spacial score (nSPS) is 14.5. The van der Waals surface area contributed by atoms with Crippen molar-refractivity contribution in [3.63, 3.8) is 0 Å². The van der Waals surface area contributed by atoms with Crippen LogP contribution in [-0.2, 0) is 12.8 Å². The lowest BCUT2D eigenvalue weighted by molar-refractivity contribution is 0.699. The number of halogens is 1. The van der Waals surface area contributed by atoms with Gasteiger partial charge in [-0.2, -0.15) is 9.78 Å². The van der Waals surface area contributed by atoms with E-state index in [2.05, 4.69) is 26.0 Å². The lowest BCUT2D eigenvalue weighted by Crippen LogP contribution is -2.18. The van der Waals surface area contributed by atoms with Crippen molar-refractivity contribution in [3.05, 3.63) is 61.4 Å². The van der Waals surface area contributed by atoms with Crippen LogP contribution < -0.4 is 5.56 Å². The molecule has 4 nitrogen and oxygen atoms in total. The number of thiophene rings is 1. The molecule has 1 aliphatic rings. The van der Waals surface area contributed by atoms with E-state index < -0.39 is 0 Å². The van der Waals surface area contributed by atoms with Crippen LogP contribution in [0, 0.1) is 0 Å². The summed E-state index contributed by atoms with van der Waals surface area (Å²) in [5.41, 5.74) is 2.06. The molecule has 2 aromatic heterocycles. The Bertz CT molecular complexity index is 974. The molecule has 1 aliphatic carbocycles. The Morgan fingerprint density at radius 3 is 3.04 bits per heavy atom. The van der Waals surface area contributed by atoms with Crippen LogP contribution in [0.5, 0.6) is 0 Å². The van der Waals surface area contributed by atoms with Crippen molar-refractivity contribution in [2.24, 2.45) is 5.10 Å². The average Bonchev–Trinajstić information content (AvgIpc) is 2.93. The van der Waals surface area contributed by atoms with Crippen LogP contribution in [0.4, 0.5) is 0 Å². The molecule has 0 amide bonds. The van der Waals surface area contributed by atoms with Crippen molar-refractivity contribution < 1.29 is 0 Å². The van der Waals surface area contributed by atoms with Gasteiger partial charge in [-0.1, -0.05) is 28.1 Å². The summed E-state index contributed by atoms with van der Waals surface area (Å²) in [6.45, 7) is 0. The van der Waals surface area contributed by atoms with Crippen LogP contribution in [0.3, 0.4) is 0 Å². The Labute approximate surface area is 145 Å². The highest BCUT2D eigenvalue weighted by molar-refractivity contribution is 9.10. The molecule has 0 radical (unpaired) electrons. The largest absolute Gasteiger partial charge is 0.282 e. The molecule has 1 aromatic carbocycles. The molecular weight excluding hydrogens is 374 g/mol.